The van der Waals surface area contributed by atoms with Crippen LogP contribution in [0.2, 0.25) is 0 Å². The maximum atomic E-state index is 11.7. The molecule has 6 heteroatoms. The van der Waals surface area contributed by atoms with Crippen LogP contribution in [0.15, 0.2) is 54.6 Å². The molecule has 0 fully saturated rings. The molecular formula is C13H11O5P. The van der Waals surface area contributed by atoms with Crippen LogP contribution in [0.1, 0.15) is 10.4 Å². The van der Waals surface area contributed by atoms with Crippen LogP contribution in [-0.4, -0.2) is 15.8 Å². The van der Waals surface area contributed by atoms with Gasteiger partial charge in [0, 0.05) is 0 Å². The third-order valence-corrected chi connectivity index (χ3v) is 3.36. The SMILES string of the molecule is O=C(Oc1ccc(P(=O)(O)O)cc1)c1ccccc1. The summed E-state index contributed by atoms with van der Waals surface area (Å²) in [6.07, 6.45) is 0. The molecule has 0 aliphatic carbocycles. The monoisotopic (exact) mass is 278 g/mol. The Bertz CT molecular complexity index is 615. The minimum absolute atomic E-state index is 0.119. The highest BCUT2D eigenvalue weighted by atomic mass is 31.2. The molecule has 19 heavy (non-hydrogen) atoms. The summed E-state index contributed by atoms with van der Waals surface area (Å²) in [7, 11) is -4.27. The van der Waals surface area contributed by atoms with Crippen molar-refractivity contribution in [2.75, 3.05) is 0 Å². The maximum Gasteiger partial charge on any atom is 0.356 e. The first kappa shape index (κ1) is 13.5. The van der Waals surface area contributed by atoms with Crippen LogP contribution in [0.25, 0.3) is 0 Å². The molecule has 0 atom stereocenters. The number of hydrogen-bond donors (Lipinski definition) is 2. The van der Waals surface area contributed by atoms with Crippen LogP contribution < -0.4 is 10.0 Å². The van der Waals surface area contributed by atoms with Crippen LogP contribution >= 0.6 is 7.60 Å². The Morgan fingerprint density at radius 3 is 2.05 bits per heavy atom. The summed E-state index contributed by atoms with van der Waals surface area (Å²) in [6.45, 7) is 0. The lowest BCUT2D eigenvalue weighted by Gasteiger charge is -2.06. The average Bonchev–Trinajstić information content (AvgIpc) is 2.39. The van der Waals surface area contributed by atoms with Crippen molar-refractivity contribution >= 4 is 18.9 Å². The predicted molar refractivity (Wildman–Crippen MR) is 69.5 cm³/mol. The van der Waals surface area contributed by atoms with Crippen molar-refractivity contribution in [3.05, 3.63) is 60.2 Å². The van der Waals surface area contributed by atoms with E-state index in [-0.39, 0.29) is 11.1 Å². The topological polar surface area (TPSA) is 83.8 Å². The van der Waals surface area contributed by atoms with E-state index < -0.39 is 13.6 Å². The van der Waals surface area contributed by atoms with Crippen molar-refractivity contribution in [2.45, 2.75) is 0 Å². The summed E-state index contributed by atoms with van der Waals surface area (Å²) in [5.41, 5.74) is 0.404. The Labute approximate surface area is 109 Å². The maximum absolute atomic E-state index is 11.7. The minimum atomic E-state index is -4.27. The van der Waals surface area contributed by atoms with Gasteiger partial charge in [0.2, 0.25) is 0 Å². The number of rotatable bonds is 3. The first-order chi connectivity index (χ1) is 8.97. The van der Waals surface area contributed by atoms with Crippen molar-refractivity contribution in [3.8, 4) is 5.75 Å². The molecule has 0 unspecified atom stereocenters. The molecule has 2 aromatic carbocycles. The molecule has 0 radical (unpaired) electrons. The standard InChI is InChI=1S/C13H11O5P/c14-13(10-4-2-1-3-5-10)18-11-6-8-12(9-7-11)19(15,16)17/h1-9H,(H2,15,16,17). The zero-order chi connectivity index (χ0) is 13.9. The Kier molecular flexibility index (Phi) is 3.81. The van der Waals surface area contributed by atoms with Gasteiger partial charge in [-0.3, -0.25) is 4.57 Å². The van der Waals surface area contributed by atoms with E-state index in [1.165, 1.54) is 24.3 Å². The van der Waals surface area contributed by atoms with Crippen molar-refractivity contribution < 1.29 is 23.9 Å². The predicted octanol–water partition coefficient (Wildman–Crippen LogP) is 1.71. The van der Waals surface area contributed by atoms with Crippen LogP contribution in [0, 0.1) is 0 Å². The summed E-state index contributed by atoms with van der Waals surface area (Å²) < 4.78 is 16.1. The number of carbonyl (C=O) groups excluding carboxylic acids is 1. The van der Waals surface area contributed by atoms with Gasteiger partial charge in [-0.1, -0.05) is 18.2 Å². The van der Waals surface area contributed by atoms with E-state index in [2.05, 4.69) is 0 Å². The van der Waals surface area contributed by atoms with E-state index in [1.807, 2.05) is 0 Å². The number of hydrogen-bond acceptors (Lipinski definition) is 3. The van der Waals surface area contributed by atoms with Gasteiger partial charge in [-0.15, -0.1) is 0 Å². The van der Waals surface area contributed by atoms with Gasteiger partial charge in [-0.25, -0.2) is 4.79 Å². The highest BCUT2D eigenvalue weighted by molar-refractivity contribution is 7.60. The summed E-state index contributed by atoms with van der Waals surface area (Å²) >= 11 is 0. The molecule has 0 aliphatic heterocycles. The molecule has 0 aromatic heterocycles. The molecule has 0 spiro atoms. The largest absolute Gasteiger partial charge is 0.423 e. The van der Waals surface area contributed by atoms with Crippen molar-refractivity contribution in [3.63, 3.8) is 0 Å². The highest BCUT2D eigenvalue weighted by Gasteiger charge is 2.16. The fourth-order valence-corrected chi connectivity index (χ4v) is 1.99. The second-order valence-corrected chi connectivity index (χ2v) is 5.40. The number of benzene rings is 2. The lowest BCUT2D eigenvalue weighted by Crippen LogP contribution is -2.09. The molecule has 0 amide bonds. The minimum Gasteiger partial charge on any atom is -0.423 e. The van der Waals surface area contributed by atoms with E-state index in [0.717, 1.165) is 0 Å². The quantitative estimate of drug-likeness (QED) is 0.507. The van der Waals surface area contributed by atoms with Crippen molar-refractivity contribution in [1.82, 2.24) is 0 Å². The molecule has 0 heterocycles. The van der Waals surface area contributed by atoms with Gasteiger partial charge < -0.3 is 14.5 Å². The Hall–Kier alpha value is -1.94. The van der Waals surface area contributed by atoms with Crippen LogP contribution in [0.3, 0.4) is 0 Å². The number of esters is 1. The van der Waals surface area contributed by atoms with Gasteiger partial charge in [0.15, 0.2) is 0 Å². The smallest absolute Gasteiger partial charge is 0.356 e. The van der Waals surface area contributed by atoms with Crippen LogP contribution in [0.4, 0.5) is 0 Å². The van der Waals surface area contributed by atoms with Gasteiger partial charge in [0.25, 0.3) is 0 Å². The first-order valence-electron chi connectivity index (χ1n) is 5.40. The van der Waals surface area contributed by atoms with Crippen LogP contribution in [-0.2, 0) is 4.57 Å². The molecular weight excluding hydrogens is 267 g/mol. The van der Waals surface area contributed by atoms with E-state index in [1.54, 1.807) is 30.3 Å². The van der Waals surface area contributed by atoms with Crippen LogP contribution in [0.5, 0.6) is 5.75 Å². The van der Waals surface area contributed by atoms with Gasteiger partial charge in [-0.05, 0) is 36.4 Å². The second kappa shape index (κ2) is 5.36. The molecule has 2 aromatic rings. The van der Waals surface area contributed by atoms with Gasteiger partial charge in [0.05, 0.1) is 10.9 Å². The fourth-order valence-electron chi connectivity index (χ4n) is 1.45. The van der Waals surface area contributed by atoms with E-state index in [4.69, 9.17) is 14.5 Å². The lowest BCUT2D eigenvalue weighted by atomic mass is 10.2. The third kappa shape index (κ3) is 3.51. The molecule has 0 aliphatic rings. The summed E-state index contributed by atoms with van der Waals surface area (Å²) in [5.74, 6) is -0.296. The average molecular weight is 278 g/mol. The van der Waals surface area contributed by atoms with E-state index >= 15 is 0 Å². The Balaban J connectivity index is 2.13. The Morgan fingerprint density at radius 2 is 1.53 bits per heavy atom. The third-order valence-electron chi connectivity index (χ3n) is 2.39. The second-order valence-electron chi connectivity index (χ2n) is 3.79. The van der Waals surface area contributed by atoms with Gasteiger partial charge >= 0.3 is 13.6 Å². The molecule has 0 saturated carbocycles. The molecule has 2 N–H and O–H groups in total. The molecule has 2 rings (SSSR count). The van der Waals surface area contributed by atoms with Crippen molar-refractivity contribution in [1.29, 1.82) is 0 Å². The Morgan fingerprint density at radius 1 is 0.947 bits per heavy atom. The van der Waals surface area contributed by atoms with Gasteiger partial charge in [-0.2, -0.15) is 0 Å². The molecule has 98 valence electrons. The molecule has 5 nitrogen and oxygen atoms in total. The summed E-state index contributed by atoms with van der Waals surface area (Å²) in [4.78, 5) is 29.6. The van der Waals surface area contributed by atoms with E-state index in [0.29, 0.717) is 5.56 Å². The summed E-state index contributed by atoms with van der Waals surface area (Å²) in [6, 6.07) is 13.6. The number of ether oxygens (including phenoxy) is 1. The zero-order valence-corrected chi connectivity index (χ0v) is 10.7. The molecule has 0 saturated heterocycles. The first-order valence-corrected chi connectivity index (χ1v) is 7.01. The fraction of sp³-hybridized carbons (Fsp3) is 0. The lowest BCUT2D eigenvalue weighted by molar-refractivity contribution is 0.0735. The summed E-state index contributed by atoms with van der Waals surface area (Å²) in [5, 5.41) is -0.119. The zero-order valence-electron chi connectivity index (χ0n) is 9.76. The normalized spacial score (nSPS) is 11.1. The molecule has 0 bridgehead atoms. The highest BCUT2D eigenvalue weighted by Crippen LogP contribution is 2.33. The number of carbonyl (C=O) groups is 1. The van der Waals surface area contributed by atoms with Crippen molar-refractivity contribution in [2.24, 2.45) is 0 Å². The van der Waals surface area contributed by atoms with Gasteiger partial charge in [0.1, 0.15) is 5.75 Å². The van der Waals surface area contributed by atoms with E-state index in [9.17, 15) is 9.36 Å².